The van der Waals surface area contributed by atoms with Gasteiger partial charge in [-0.05, 0) is 24.1 Å². The lowest BCUT2D eigenvalue weighted by Gasteiger charge is -2.26. The number of thioether (sulfide) groups is 1. The summed E-state index contributed by atoms with van der Waals surface area (Å²) in [6.07, 6.45) is 0. The van der Waals surface area contributed by atoms with Crippen molar-refractivity contribution >= 4 is 48.2 Å². The lowest BCUT2D eigenvalue weighted by molar-refractivity contribution is -0.115. The van der Waals surface area contributed by atoms with Crippen molar-refractivity contribution in [1.29, 1.82) is 0 Å². The largest absolute Gasteiger partial charge is 0.383 e. The molecular weight excluding hydrogens is 381 g/mol. The van der Waals surface area contributed by atoms with Gasteiger partial charge in [0.1, 0.15) is 0 Å². The van der Waals surface area contributed by atoms with Crippen LogP contribution in [-0.4, -0.2) is 62.2 Å². The first kappa shape index (κ1) is 24.5. The quantitative estimate of drug-likeness (QED) is 0.646. The SMILES string of the molecule is COCCNCC(=O)Nc1ccc(CN2CCSCC2)cc1C.Cl.Cl. The predicted molar refractivity (Wildman–Crippen MR) is 112 cm³/mol. The van der Waals surface area contributed by atoms with E-state index in [2.05, 4.69) is 27.7 Å². The number of nitrogens with zero attached hydrogens (tertiary/aromatic N) is 1. The van der Waals surface area contributed by atoms with Crippen LogP contribution in [0.3, 0.4) is 0 Å². The van der Waals surface area contributed by atoms with Crippen LogP contribution in [0.2, 0.25) is 0 Å². The van der Waals surface area contributed by atoms with Gasteiger partial charge in [-0.3, -0.25) is 9.69 Å². The minimum absolute atomic E-state index is 0. The summed E-state index contributed by atoms with van der Waals surface area (Å²) in [5.41, 5.74) is 3.31. The number of methoxy groups -OCH3 is 1. The zero-order valence-electron chi connectivity index (χ0n) is 14.9. The average molecular weight is 410 g/mol. The number of amides is 1. The Labute approximate surface area is 167 Å². The molecule has 0 radical (unpaired) electrons. The van der Waals surface area contributed by atoms with E-state index >= 15 is 0 Å². The van der Waals surface area contributed by atoms with E-state index < -0.39 is 0 Å². The summed E-state index contributed by atoms with van der Waals surface area (Å²) in [6, 6.07) is 6.30. The Balaban J connectivity index is 0.00000288. The Morgan fingerprint density at radius 1 is 1.28 bits per heavy atom. The predicted octanol–water partition coefficient (Wildman–Crippen LogP) is 2.56. The maximum Gasteiger partial charge on any atom is 0.238 e. The second-order valence-electron chi connectivity index (χ2n) is 5.76. The lowest BCUT2D eigenvalue weighted by Crippen LogP contribution is -2.32. The van der Waals surface area contributed by atoms with Gasteiger partial charge >= 0.3 is 0 Å². The molecule has 25 heavy (non-hydrogen) atoms. The van der Waals surface area contributed by atoms with Gasteiger partial charge in [-0.25, -0.2) is 0 Å². The molecule has 0 aromatic heterocycles. The van der Waals surface area contributed by atoms with Gasteiger partial charge in [-0.1, -0.05) is 12.1 Å². The van der Waals surface area contributed by atoms with Crippen LogP contribution in [0.5, 0.6) is 0 Å². The maximum atomic E-state index is 11.9. The number of rotatable bonds is 8. The first-order valence-corrected chi connectivity index (χ1v) is 9.23. The highest BCUT2D eigenvalue weighted by Crippen LogP contribution is 2.19. The van der Waals surface area contributed by atoms with E-state index in [4.69, 9.17) is 4.74 Å². The van der Waals surface area contributed by atoms with Crippen molar-refractivity contribution < 1.29 is 9.53 Å². The molecule has 1 heterocycles. The van der Waals surface area contributed by atoms with Gasteiger partial charge in [0, 0.05) is 50.5 Å². The highest BCUT2D eigenvalue weighted by molar-refractivity contribution is 7.99. The molecule has 2 rings (SSSR count). The fraction of sp³-hybridized carbons (Fsp3) is 0.588. The van der Waals surface area contributed by atoms with Gasteiger partial charge < -0.3 is 15.4 Å². The number of benzene rings is 1. The van der Waals surface area contributed by atoms with E-state index in [-0.39, 0.29) is 30.7 Å². The Morgan fingerprint density at radius 3 is 2.64 bits per heavy atom. The first-order chi connectivity index (χ1) is 11.2. The molecule has 5 nitrogen and oxygen atoms in total. The summed E-state index contributed by atoms with van der Waals surface area (Å²) < 4.78 is 4.94. The third-order valence-corrected chi connectivity index (χ3v) is 4.79. The van der Waals surface area contributed by atoms with Crippen molar-refractivity contribution in [2.24, 2.45) is 0 Å². The standard InChI is InChI=1S/C17H27N3O2S.2ClH/c1-14-11-15(13-20-6-9-23-10-7-20)3-4-16(14)19-17(21)12-18-5-8-22-2;;/h3-4,11,18H,5-10,12-13H2,1-2H3,(H,19,21);2*1H. The third kappa shape index (κ3) is 9.13. The minimum atomic E-state index is -0.0231. The van der Waals surface area contributed by atoms with Crippen LogP contribution < -0.4 is 10.6 Å². The summed E-state index contributed by atoms with van der Waals surface area (Å²) in [4.78, 5) is 14.4. The number of ether oxygens (including phenoxy) is 1. The summed E-state index contributed by atoms with van der Waals surface area (Å²) in [6.45, 7) is 6.95. The van der Waals surface area contributed by atoms with Gasteiger partial charge in [0.05, 0.1) is 13.2 Å². The molecular formula is C17H29Cl2N3O2S. The molecule has 0 unspecified atom stereocenters. The lowest BCUT2D eigenvalue weighted by atomic mass is 10.1. The number of nitrogens with one attached hydrogen (secondary N) is 2. The molecule has 2 N–H and O–H groups in total. The number of carbonyl (C=O) groups excluding carboxylic acids is 1. The molecule has 1 aromatic rings. The number of carbonyl (C=O) groups is 1. The second kappa shape index (κ2) is 13.7. The van der Waals surface area contributed by atoms with E-state index in [9.17, 15) is 4.79 Å². The summed E-state index contributed by atoms with van der Waals surface area (Å²) in [5.74, 6) is 2.43. The number of halogens is 2. The molecule has 144 valence electrons. The molecule has 1 fully saturated rings. The van der Waals surface area contributed by atoms with E-state index in [1.165, 1.54) is 17.1 Å². The molecule has 0 atom stereocenters. The zero-order chi connectivity index (χ0) is 16.5. The van der Waals surface area contributed by atoms with Crippen LogP contribution in [0.4, 0.5) is 5.69 Å². The van der Waals surface area contributed by atoms with E-state index in [0.29, 0.717) is 19.7 Å². The highest BCUT2D eigenvalue weighted by atomic mass is 35.5. The van der Waals surface area contributed by atoms with Crippen molar-refractivity contribution in [2.75, 3.05) is 56.7 Å². The van der Waals surface area contributed by atoms with E-state index in [1.807, 2.05) is 24.8 Å². The van der Waals surface area contributed by atoms with Crippen LogP contribution in [0.25, 0.3) is 0 Å². The number of hydrogen-bond donors (Lipinski definition) is 2. The normalized spacial score (nSPS) is 14.3. The van der Waals surface area contributed by atoms with Crippen LogP contribution in [0, 0.1) is 6.92 Å². The Hall–Kier alpha value is -0.500. The van der Waals surface area contributed by atoms with Gasteiger partial charge in [0.15, 0.2) is 0 Å². The smallest absolute Gasteiger partial charge is 0.238 e. The van der Waals surface area contributed by atoms with Crippen LogP contribution in [-0.2, 0) is 16.1 Å². The van der Waals surface area contributed by atoms with Crippen molar-refractivity contribution in [3.05, 3.63) is 29.3 Å². The van der Waals surface area contributed by atoms with Gasteiger partial charge in [0.2, 0.25) is 5.91 Å². The summed E-state index contributed by atoms with van der Waals surface area (Å²) in [5, 5.41) is 6.00. The maximum absolute atomic E-state index is 11.9. The Bertz CT molecular complexity index is 515. The molecule has 0 spiro atoms. The van der Waals surface area contributed by atoms with Crippen LogP contribution in [0.15, 0.2) is 18.2 Å². The molecule has 0 aliphatic carbocycles. The number of hydrogen-bond acceptors (Lipinski definition) is 5. The van der Waals surface area contributed by atoms with E-state index in [0.717, 1.165) is 30.9 Å². The van der Waals surface area contributed by atoms with E-state index in [1.54, 1.807) is 7.11 Å². The molecule has 1 amide bonds. The van der Waals surface area contributed by atoms with Crippen molar-refractivity contribution in [3.8, 4) is 0 Å². The van der Waals surface area contributed by atoms with Gasteiger partial charge in [0.25, 0.3) is 0 Å². The van der Waals surface area contributed by atoms with Crippen LogP contribution in [0.1, 0.15) is 11.1 Å². The fourth-order valence-electron chi connectivity index (χ4n) is 2.55. The molecule has 1 aromatic carbocycles. The summed E-state index contributed by atoms with van der Waals surface area (Å²) in [7, 11) is 1.65. The van der Waals surface area contributed by atoms with Crippen LogP contribution >= 0.6 is 36.6 Å². The monoisotopic (exact) mass is 409 g/mol. The first-order valence-electron chi connectivity index (χ1n) is 8.08. The fourth-order valence-corrected chi connectivity index (χ4v) is 3.53. The Kier molecular flexibility index (Phi) is 13.4. The molecule has 1 aliphatic rings. The number of anilines is 1. The molecule has 1 saturated heterocycles. The average Bonchev–Trinajstić information content (AvgIpc) is 2.55. The van der Waals surface area contributed by atoms with Crippen molar-refractivity contribution in [2.45, 2.75) is 13.5 Å². The topological polar surface area (TPSA) is 53.6 Å². The van der Waals surface area contributed by atoms with Gasteiger partial charge in [-0.15, -0.1) is 24.8 Å². The zero-order valence-corrected chi connectivity index (χ0v) is 17.3. The third-order valence-electron chi connectivity index (χ3n) is 3.84. The van der Waals surface area contributed by atoms with Gasteiger partial charge in [-0.2, -0.15) is 11.8 Å². The van der Waals surface area contributed by atoms with Crippen molar-refractivity contribution in [1.82, 2.24) is 10.2 Å². The molecule has 0 saturated carbocycles. The highest BCUT2D eigenvalue weighted by Gasteiger charge is 2.11. The molecule has 0 bridgehead atoms. The number of aryl methyl sites for hydroxylation is 1. The van der Waals surface area contributed by atoms with Crippen molar-refractivity contribution in [3.63, 3.8) is 0 Å². The summed E-state index contributed by atoms with van der Waals surface area (Å²) >= 11 is 2.03. The minimum Gasteiger partial charge on any atom is -0.383 e. The Morgan fingerprint density at radius 2 is 2.00 bits per heavy atom. The molecule has 1 aliphatic heterocycles. The second-order valence-corrected chi connectivity index (χ2v) is 6.98. The molecule has 8 heteroatoms.